The fraction of sp³-hybridized carbons (Fsp3) is 0.259. The summed E-state index contributed by atoms with van der Waals surface area (Å²) >= 11 is 5.73. The molecule has 0 atom stereocenters. The molecule has 0 aliphatic heterocycles. The number of aromatic nitrogens is 2. The van der Waals surface area contributed by atoms with Crippen LogP contribution >= 0.6 is 11.6 Å². The van der Waals surface area contributed by atoms with E-state index >= 15 is 4.39 Å². The monoisotopic (exact) mass is 466 g/mol. The van der Waals surface area contributed by atoms with Crippen LogP contribution < -0.4 is 4.74 Å². The van der Waals surface area contributed by atoms with E-state index in [1.54, 1.807) is 18.5 Å². The van der Waals surface area contributed by atoms with Crippen molar-refractivity contribution < 1.29 is 13.5 Å². The lowest BCUT2D eigenvalue weighted by molar-refractivity contribution is 0.314. The van der Waals surface area contributed by atoms with Crippen molar-refractivity contribution in [1.29, 1.82) is 0 Å². The molecule has 33 heavy (non-hydrogen) atoms. The zero-order valence-corrected chi connectivity index (χ0v) is 19.2. The van der Waals surface area contributed by atoms with E-state index < -0.39 is 5.82 Å². The minimum absolute atomic E-state index is 0.0935. The largest absolute Gasteiger partial charge is 0.490 e. The Labute approximate surface area is 197 Å². The van der Waals surface area contributed by atoms with Gasteiger partial charge in [0.15, 0.2) is 5.75 Å². The van der Waals surface area contributed by atoms with E-state index in [-0.39, 0.29) is 10.8 Å². The van der Waals surface area contributed by atoms with Gasteiger partial charge in [0.25, 0.3) is 0 Å². The molecular formula is C27H25ClF2N2O. The SMILES string of the molecule is CCCOc1cnc(CCc2ccc3c(F)c(CCc4ccc(Cl)c(F)c4)ccc3c2)nc1. The molecule has 0 amide bonds. The summed E-state index contributed by atoms with van der Waals surface area (Å²) in [6.07, 6.45) is 6.82. The van der Waals surface area contributed by atoms with Crippen molar-refractivity contribution in [3.63, 3.8) is 0 Å². The highest BCUT2D eigenvalue weighted by molar-refractivity contribution is 6.30. The second-order valence-electron chi connectivity index (χ2n) is 8.03. The van der Waals surface area contributed by atoms with E-state index in [2.05, 4.69) is 16.9 Å². The highest BCUT2D eigenvalue weighted by atomic mass is 35.5. The predicted molar refractivity (Wildman–Crippen MR) is 128 cm³/mol. The number of halogens is 3. The topological polar surface area (TPSA) is 35.0 Å². The van der Waals surface area contributed by atoms with Gasteiger partial charge in [-0.3, -0.25) is 0 Å². The van der Waals surface area contributed by atoms with Crippen molar-refractivity contribution in [2.24, 2.45) is 0 Å². The molecule has 3 nitrogen and oxygen atoms in total. The minimum Gasteiger partial charge on any atom is -0.490 e. The Morgan fingerprint density at radius 1 is 0.848 bits per heavy atom. The highest BCUT2D eigenvalue weighted by Gasteiger charge is 2.10. The van der Waals surface area contributed by atoms with Crippen LogP contribution in [0.1, 0.15) is 35.9 Å². The van der Waals surface area contributed by atoms with Gasteiger partial charge in [-0.15, -0.1) is 0 Å². The number of hydrogen-bond donors (Lipinski definition) is 0. The van der Waals surface area contributed by atoms with Gasteiger partial charge in [-0.25, -0.2) is 18.7 Å². The molecular weight excluding hydrogens is 442 g/mol. The lowest BCUT2D eigenvalue weighted by Gasteiger charge is -2.09. The molecule has 0 fully saturated rings. The number of fused-ring (bicyclic) bond motifs is 1. The molecule has 0 N–H and O–H groups in total. The van der Waals surface area contributed by atoms with Crippen molar-refractivity contribution in [3.8, 4) is 5.75 Å². The molecule has 170 valence electrons. The van der Waals surface area contributed by atoms with E-state index in [0.29, 0.717) is 42.6 Å². The number of nitrogens with zero attached hydrogens (tertiary/aromatic N) is 2. The summed E-state index contributed by atoms with van der Waals surface area (Å²) in [5.41, 5.74) is 2.50. The third kappa shape index (κ3) is 5.85. The van der Waals surface area contributed by atoms with E-state index in [9.17, 15) is 4.39 Å². The summed E-state index contributed by atoms with van der Waals surface area (Å²) in [6.45, 7) is 2.70. The molecule has 0 unspecified atom stereocenters. The molecule has 0 spiro atoms. The lowest BCUT2D eigenvalue weighted by Crippen LogP contribution is -2.01. The highest BCUT2D eigenvalue weighted by Crippen LogP contribution is 2.25. The van der Waals surface area contributed by atoms with E-state index in [4.69, 9.17) is 16.3 Å². The molecule has 3 aromatic carbocycles. The van der Waals surface area contributed by atoms with Crippen LogP contribution in [0.25, 0.3) is 10.8 Å². The van der Waals surface area contributed by atoms with Crippen molar-refractivity contribution in [2.45, 2.75) is 39.0 Å². The van der Waals surface area contributed by atoms with Gasteiger partial charge >= 0.3 is 0 Å². The van der Waals surface area contributed by atoms with Crippen LogP contribution in [-0.2, 0) is 25.7 Å². The number of hydrogen-bond acceptors (Lipinski definition) is 3. The Morgan fingerprint density at radius 2 is 1.58 bits per heavy atom. The van der Waals surface area contributed by atoms with Gasteiger partial charge in [0.05, 0.1) is 24.0 Å². The predicted octanol–water partition coefficient (Wildman–Crippen LogP) is 6.92. The number of ether oxygens (including phenoxy) is 1. The van der Waals surface area contributed by atoms with Crippen LogP contribution in [0, 0.1) is 11.6 Å². The lowest BCUT2D eigenvalue weighted by atomic mass is 9.98. The first-order valence-corrected chi connectivity index (χ1v) is 11.5. The number of aryl methyl sites for hydroxylation is 4. The summed E-state index contributed by atoms with van der Waals surface area (Å²) in [4.78, 5) is 8.73. The third-order valence-electron chi connectivity index (χ3n) is 5.56. The van der Waals surface area contributed by atoms with Crippen molar-refractivity contribution in [3.05, 3.63) is 100 Å². The Bertz CT molecular complexity index is 1250. The first kappa shape index (κ1) is 23.1. The first-order valence-electron chi connectivity index (χ1n) is 11.1. The molecule has 1 heterocycles. The van der Waals surface area contributed by atoms with Crippen LogP contribution in [0.3, 0.4) is 0 Å². The van der Waals surface area contributed by atoms with Gasteiger partial charge in [0, 0.05) is 11.8 Å². The molecule has 4 rings (SSSR count). The Kier molecular flexibility index (Phi) is 7.50. The van der Waals surface area contributed by atoms with Crippen molar-refractivity contribution in [1.82, 2.24) is 9.97 Å². The Balaban J connectivity index is 1.41. The smallest absolute Gasteiger partial charge is 0.155 e. The number of benzene rings is 3. The molecule has 1 aromatic heterocycles. The summed E-state index contributed by atoms with van der Waals surface area (Å²) in [5.74, 6) is 0.754. The van der Waals surface area contributed by atoms with Gasteiger partial charge in [0.2, 0.25) is 0 Å². The molecule has 4 aromatic rings. The van der Waals surface area contributed by atoms with Gasteiger partial charge in [-0.05, 0) is 59.9 Å². The molecule has 0 saturated heterocycles. The summed E-state index contributed by atoms with van der Waals surface area (Å²) in [7, 11) is 0. The normalized spacial score (nSPS) is 11.2. The maximum absolute atomic E-state index is 15.1. The molecule has 0 saturated carbocycles. The maximum Gasteiger partial charge on any atom is 0.155 e. The van der Waals surface area contributed by atoms with Gasteiger partial charge in [0.1, 0.15) is 17.5 Å². The third-order valence-corrected chi connectivity index (χ3v) is 5.86. The van der Waals surface area contributed by atoms with Crippen LogP contribution in [0.15, 0.2) is 60.9 Å². The summed E-state index contributed by atoms with van der Waals surface area (Å²) < 4.78 is 34.3. The zero-order valence-electron chi connectivity index (χ0n) is 18.5. The Morgan fingerprint density at radius 3 is 2.33 bits per heavy atom. The fourth-order valence-corrected chi connectivity index (χ4v) is 3.85. The quantitative estimate of drug-likeness (QED) is 0.268. The van der Waals surface area contributed by atoms with E-state index in [0.717, 1.165) is 35.2 Å². The summed E-state index contributed by atoms with van der Waals surface area (Å²) in [5, 5.41) is 1.54. The summed E-state index contributed by atoms with van der Waals surface area (Å²) in [6, 6.07) is 14.2. The van der Waals surface area contributed by atoms with Crippen molar-refractivity contribution in [2.75, 3.05) is 6.61 Å². The second kappa shape index (κ2) is 10.7. The van der Waals surface area contributed by atoms with Crippen LogP contribution in [0.4, 0.5) is 8.78 Å². The van der Waals surface area contributed by atoms with Gasteiger partial charge < -0.3 is 4.74 Å². The van der Waals surface area contributed by atoms with Crippen LogP contribution in [-0.4, -0.2) is 16.6 Å². The van der Waals surface area contributed by atoms with Crippen LogP contribution in [0.5, 0.6) is 5.75 Å². The van der Waals surface area contributed by atoms with Gasteiger partial charge in [-0.1, -0.05) is 54.9 Å². The number of rotatable bonds is 9. The molecule has 6 heteroatoms. The molecule has 0 aliphatic rings. The fourth-order valence-electron chi connectivity index (χ4n) is 3.73. The van der Waals surface area contributed by atoms with Gasteiger partial charge in [-0.2, -0.15) is 0 Å². The molecule has 0 radical (unpaired) electrons. The average Bonchev–Trinajstić information content (AvgIpc) is 2.83. The average molecular weight is 467 g/mol. The molecule has 0 bridgehead atoms. The standard InChI is InChI=1S/C27H25ClF2N2O/c1-2-13-33-22-16-31-26(32-17-22)12-6-18-4-10-23-21(14-18)9-8-20(27(23)30)7-3-19-5-11-24(28)25(29)15-19/h4-5,8-11,14-17H,2-3,6-7,12-13H2,1H3. The Hall–Kier alpha value is -3.05. The maximum atomic E-state index is 15.1. The molecule has 0 aliphatic carbocycles. The first-order chi connectivity index (χ1) is 16.0. The second-order valence-corrected chi connectivity index (χ2v) is 8.43. The van der Waals surface area contributed by atoms with E-state index in [1.165, 1.54) is 12.1 Å². The zero-order chi connectivity index (χ0) is 23.2. The van der Waals surface area contributed by atoms with E-state index in [1.807, 2.05) is 30.3 Å². The van der Waals surface area contributed by atoms with Crippen LogP contribution in [0.2, 0.25) is 5.02 Å². The van der Waals surface area contributed by atoms with Crippen molar-refractivity contribution >= 4 is 22.4 Å². The minimum atomic E-state index is -0.452.